The van der Waals surface area contributed by atoms with Crippen LogP contribution in [0.1, 0.15) is 56.0 Å². The van der Waals surface area contributed by atoms with Crippen LogP contribution in [0.5, 0.6) is 0 Å². The van der Waals surface area contributed by atoms with Crippen LogP contribution >= 0.6 is 11.6 Å². The van der Waals surface area contributed by atoms with Crippen molar-refractivity contribution in [1.29, 1.82) is 0 Å². The topological polar surface area (TPSA) is 66.8 Å². The fraction of sp³-hybridized carbons (Fsp3) is 0.500. The molecule has 0 unspecified atom stereocenters. The standard InChI is InChI=1S/C22H25ClFN5O/c1-13-10-28(12-17-18(23)7-4-8-19(17)24)11-16(13)20-26-21-15(22(30)27-20)9-25-29(21)14-5-2-3-6-14/h4,7-9,13-14,16H,2-3,5-6,10-12H2,1H3,(H,26,27,30)/t13-,16-/m1/s1. The summed E-state index contributed by atoms with van der Waals surface area (Å²) in [5.74, 6) is 0.757. The number of fused-ring (bicyclic) bond motifs is 1. The predicted octanol–water partition coefficient (Wildman–Crippen LogP) is 4.26. The highest BCUT2D eigenvalue weighted by atomic mass is 35.5. The third-order valence-electron chi connectivity index (χ3n) is 6.63. The van der Waals surface area contributed by atoms with Crippen molar-refractivity contribution >= 4 is 22.6 Å². The molecule has 2 atom stereocenters. The van der Waals surface area contributed by atoms with Crippen LogP contribution in [0.25, 0.3) is 11.0 Å². The molecule has 6 nitrogen and oxygen atoms in total. The molecule has 2 fully saturated rings. The maximum absolute atomic E-state index is 14.2. The Labute approximate surface area is 179 Å². The number of rotatable bonds is 4. The third kappa shape index (κ3) is 3.44. The monoisotopic (exact) mass is 429 g/mol. The van der Waals surface area contributed by atoms with Crippen molar-refractivity contribution in [3.05, 3.63) is 57.0 Å². The highest BCUT2D eigenvalue weighted by molar-refractivity contribution is 6.31. The van der Waals surface area contributed by atoms with Crippen molar-refractivity contribution in [3.63, 3.8) is 0 Å². The van der Waals surface area contributed by atoms with Crippen LogP contribution in [0.15, 0.2) is 29.2 Å². The SMILES string of the molecule is C[C@@H]1CN(Cc2c(F)cccc2Cl)C[C@H]1c1nc2c(cnn2C2CCCC2)c(=O)[nH]1. The maximum Gasteiger partial charge on any atom is 0.262 e. The molecule has 1 aromatic carbocycles. The van der Waals surface area contributed by atoms with E-state index in [-0.39, 0.29) is 23.2 Å². The summed E-state index contributed by atoms with van der Waals surface area (Å²) >= 11 is 6.21. The number of hydrogen-bond donors (Lipinski definition) is 1. The Morgan fingerprint density at radius 1 is 1.27 bits per heavy atom. The van der Waals surface area contributed by atoms with Gasteiger partial charge < -0.3 is 4.98 Å². The second kappa shape index (κ2) is 7.78. The Morgan fingerprint density at radius 3 is 2.83 bits per heavy atom. The summed E-state index contributed by atoms with van der Waals surface area (Å²) < 4.78 is 16.2. The first-order chi connectivity index (χ1) is 14.5. The average Bonchev–Trinajstić information content (AvgIpc) is 3.44. The van der Waals surface area contributed by atoms with E-state index in [9.17, 15) is 9.18 Å². The molecule has 0 spiro atoms. The van der Waals surface area contributed by atoms with E-state index >= 15 is 0 Å². The zero-order valence-electron chi connectivity index (χ0n) is 16.9. The lowest BCUT2D eigenvalue weighted by atomic mass is 9.97. The highest BCUT2D eigenvalue weighted by Crippen LogP contribution is 2.34. The average molecular weight is 430 g/mol. The molecular formula is C22H25ClFN5O. The molecule has 1 aliphatic heterocycles. The molecule has 2 aromatic heterocycles. The molecule has 3 aromatic rings. The zero-order chi connectivity index (χ0) is 20.8. The minimum absolute atomic E-state index is 0.0691. The number of aromatic nitrogens is 4. The van der Waals surface area contributed by atoms with Crippen LogP contribution in [0.3, 0.4) is 0 Å². The van der Waals surface area contributed by atoms with Gasteiger partial charge in [-0.05, 0) is 30.9 Å². The van der Waals surface area contributed by atoms with Gasteiger partial charge in [-0.25, -0.2) is 14.1 Å². The van der Waals surface area contributed by atoms with E-state index in [0.717, 1.165) is 19.4 Å². The minimum Gasteiger partial charge on any atom is -0.310 e. The number of nitrogens with zero attached hydrogens (tertiary/aromatic N) is 4. The summed E-state index contributed by atoms with van der Waals surface area (Å²) in [6.07, 6.45) is 6.17. The van der Waals surface area contributed by atoms with Crippen LogP contribution in [-0.2, 0) is 6.54 Å². The molecule has 0 radical (unpaired) electrons. The Hall–Kier alpha value is -2.25. The summed E-state index contributed by atoms with van der Waals surface area (Å²) in [6, 6.07) is 5.10. The zero-order valence-corrected chi connectivity index (χ0v) is 17.7. The van der Waals surface area contributed by atoms with E-state index < -0.39 is 0 Å². The molecule has 1 aliphatic carbocycles. The van der Waals surface area contributed by atoms with Gasteiger partial charge in [-0.1, -0.05) is 37.4 Å². The molecule has 8 heteroatoms. The van der Waals surface area contributed by atoms with E-state index in [1.165, 1.54) is 18.9 Å². The number of nitrogens with one attached hydrogen (secondary N) is 1. The molecule has 1 saturated heterocycles. The fourth-order valence-electron chi connectivity index (χ4n) is 5.00. The Kier molecular flexibility index (Phi) is 5.11. The van der Waals surface area contributed by atoms with Crippen LogP contribution in [0, 0.1) is 11.7 Å². The molecule has 5 rings (SSSR count). The minimum atomic E-state index is -0.285. The molecular weight excluding hydrogens is 405 g/mol. The summed E-state index contributed by atoms with van der Waals surface area (Å²) in [5.41, 5.74) is 1.06. The number of likely N-dealkylation sites (tertiary alicyclic amines) is 1. The maximum atomic E-state index is 14.2. The molecule has 1 N–H and O–H groups in total. The van der Waals surface area contributed by atoms with Gasteiger partial charge >= 0.3 is 0 Å². The first-order valence-corrected chi connectivity index (χ1v) is 11.0. The van der Waals surface area contributed by atoms with Gasteiger partial charge in [-0.3, -0.25) is 9.69 Å². The van der Waals surface area contributed by atoms with Crippen molar-refractivity contribution in [2.75, 3.05) is 13.1 Å². The molecule has 2 aliphatic rings. The van der Waals surface area contributed by atoms with E-state index in [1.54, 1.807) is 18.3 Å². The van der Waals surface area contributed by atoms with Crippen molar-refractivity contribution in [1.82, 2.24) is 24.6 Å². The van der Waals surface area contributed by atoms with Crippen molar-refractivity contribution in [2.45, 2.75) is 51.1 Å². The normalized spacial score (nSPS) is 23.0. The smallest absolute Gasteiger partial charge is 0.262 e. The number of hydrogen-bond acceptors (Lipinski definition) is 4. The number of H-pyrrole nitrogens is 1. The largest absolute Gasteiger partial charge is 0.310 e. The first kappa shape index (κ1) is 19.7. The van der Waals surface area contributed by atoms with Crippen LogP contribution in [-0.4, -0.2) is 37.7 Å². The number of halogens is 2. The molecule has 1 saturated carbocycles. The lowest BCUT2D eigenvalue weighted by Crippen LogP contribution is -2.22. The summed E-state index contributed by atoms with van der Waals surface area (Å²) in [6.45, 7) is 4.07. The van der Waals surface area contributed by atoms with E-state index in [0.29, 0.717) is 46.6 Å². The molecule has 0 bridgehead atoms. The van der Waals surface area contributed by atoms with Gasteiger partial charge in [0.05, 0.1) is 12.2 Å². The lowest BCUT2D eigenvalue weighted by Gasteiger charge is -2.17. The van der Waals surface area contributed by atoms with Crippen LogP contribution in [0.4, 0.5) is 4.39 Å². The van der Waals surface area contributed by atoms with Gasteiger partial charge in [0.15, 0.2) is 5.65 Å². The number of benzene rings is 1. The van der Waals surface area contributed by atoms with Gasteiger partial charge in [-0.2, -0.15) is 5.10 Å². The Bertz CT molecular complexity index is 1120. The summed E-state index contributed by atoms with van der Waals surface area (Å²) in [4.78, 5) is 22.8. The van der Waals surface area contributed by atoms with Gasteiger partial charge in [0.25, 0.3) is 5.56 Å². The quantitative estimate of drug-likeness (QED) is 0.672. The van der Waals surface area contributed by atoms with Gasteiger partial charge in [0.2, 0.25) is 0 Å². The predicted molar refractivity (Wildman–Crippen MR) is 114 cm³/mol. The fourth-order valence-corrected chi connectivity index (χ4v) is 5.23. The van der Waals surface area contributed by atoms with E-state index in [4.69, 9.17) is 16.6 Å². The highest BCUT2D eigenvalue weighted by Gasteiger charge is 2.34. The third-order valence-corrected chi connectivity index (χ3v) is 6.99. The second-order valence-electron chi connectivity index (χ2n) is 8.69. The lowest BCUT2D eigenvalue weighted by molar-refractivity contribution is 0.313. The van der Waals surface area contributed by atoms with Gasteiger partial charge in [-0.15, -0.1) is 0 Å². The van der Waals surface area contributed by atoms with Crippen LogP contribution < -0.4 is 5.56 Å². The van der Waals surface area contributed by atoms with Crippen LogP contribution in [0.2, 0.25) is 5.02 Å². The Balaban J connectivity index is 1.43. The van der Waals surface area contributed by atoms with E-state index in [2.05, 4.69) is 21.9 Å². The first-order valence-electron chi connectivity index (χ1n) is 10.6. The summed E-state index contributed by atoms with van der Waals surface area (Å²) in [5, 5.41) is 5.47. The van der Waals surface area contributed by atoms with Gasteiger partial charge in [0.1, 0.15) is 17.0 Å². The Morgan fingerprint density at radius 2 is 2.07 bits per heavy atom. The molecule has 0 amide bonds. The molecule has 158 valence electrons. The number of aromatic amines is 1. The second-order valence-corrected chi connectivity index (χ2v) is 9.10. The van der Waals surface area contributed by atoms with Crippen molar-refractivity contribution in [2.24, 2.45) is 5.92 Å². The molecule has 30 heavy (non-hydrogen) atoms. The van der Waals surface area contributed by atoms with Crippen molar-refractivity contribution in [3.8, 4) is 0 Å². The van der Waals surface area contributed by atoms with Crippen molar-refractivity contribution < 1.29 is 4.39 Å². The molecule has 3 heterocycles. The van der Waals surface area contributed by atoms with Gasteiger partial charge in [0, 0.05) is 36.1 Å². The van der Waals surface area contributed by atoms with E-state index in [1.807, 2.05) is 4.68 Å². The summed E-state index contributed by atoms with van der Waals surface area (Å²) in [7, 11) is 0.